The first-order valence-corrected chi connectivity index (χ1v) is 8.99. The molecule has 0 aromatic heterocycles. The Balaban J connectivity index is 1.66. The van der Waals surface area contributed by atoms with Crippen LogP contribution < -0.4 is 0 Å². The van der Waals surface area contributed by atoms with E-state index in [1.165, 1.54) is 0 Å². The Hall–Kier alpha value is -1.69. The number of benzene rings is 2. The molecule has 0 saturated carbocycles. The Morgan fingerprint density at radius 1 is 0.840 bits per heavy atom. The van der Waals surface area contributed by atoms with Gasteiger partial charge in [-0.2, -0.15) is 0 Å². The van der Waals surface area contributed by atoms with Crippen molar-refractivity contribution >= 4 is 47.6 Å². The van der Waals surface area contributed by atoms with Crippen molar-refractivity contribution in [3.63, 3.8) is 0 Å². The molecule has 2 amide bonds. The SMILES string of the molecule is O=C(c1ccccc1S)N1CCN(C(=O)c2ccc(Cl)cc2Cl)CC1. The number of carbonyl (C=O) groups excluding carboxylic acids is 2. The summed E-state index contributed by atoms with van der Waals surface area (Å²) < 4.78 is 0. The lowest BCUT2D eigenvalue weighted by atomic mass is 10.1. The van der Waals surface area contributed by atoms with Gasteiger partial charge >= 0.3 is 0 Å². The van der Waals surface area contributed by atoms with E-state index in [2.05, 4.69) is 12.6 Å². The predicted molar refractivity (Wildman–Crippen MR) is 102 cm³/mol. The zero-order valence-corrected chi connectivity index (χ0v) is 15.7. The Labute approximate surface area is 161 Å². The van der Waals surface area contributed by atoms with Crippen molar-refractivity contribution in [1.29, 1.82) is 0 Å². The summed E-state index contributed by atoms with van der Waals surface area (Å²) in [5, 5.41) is 0.822. The van der Waals surface area contributed by atoms with Crippen molar-refractivity contribution in [2.45, 2.75) is 4.90 Å². The van der Waals surface area contributed by atoms with Gasteiger partial charge in [0.1, 0.15) is 0 Å². The van der Waals surface area contributed by atoms with E-state index in [1.807, 2.05) is 12.1 Å². The number of rotatable bonds is 2. The van der Waals surface area contributed by atoms with Crippen LogP contribution in [0, 0.1) is 0 Å². The quantitative estimate of drug-likeness (QED) is 0.785. The van der Waals surface area contributed by atoms with Gasteiger partial charge in [0, 0.05) is 36.1 Å². The third-order valence-corrected chi connectivity index (χ3v) is 5.09. The van der Waals surface area contributed by atoms with Crippen LogP contribution in [0.15, 0.2) is 47.4 Å². The molecule has 4 nitrogen and oxygen atoms in total. The first kappa shape index (κ1) is 18.1. The highest BCUT2D eigenvalue weighted by molar-refractivity contribution is 7.80. The zero-order valence-electron chi connectivity index (χ0n) is 13.3. The van der Waals surface area contributed by atoms with Crippen LogP contribution in [0.3, 0.4) is 0 Å². The maximum Gasteiger partial charge on any atom is 0.255 e. The molecule has 1 aliphatic rings. The minimum Gasteiger partial charge on any atom is -0.335 e. The summed E-state index contributed by atoms with van der Waals surface area (Å²) >= 11 is 16.3. The van der Waals surface area contributed by atoms with E-state index in [0.29, 0.717) is 52.2 Å². The van der Waals surface area contributed by atoms with E-state index in [0.717, 1.165) is 0 Å². The predicted octanol–water partition coefficient (Wildman–Crippen LogP) is 3.88. The number of halogens is 2. The molecule has 0 aliphatic carbocycles. The molecule has 0 unspecified atom stereocenters. The van der Waals surface area contributed by atoms with E-state index < -0.39 is 0 Å². The molecule has 2 aromatic rings. The van der Waals surface area contributed by atoms with Crippen LogP contribution in [0.2, 0.25) is 10.0 Å². The van der Waals surface area contributed by atoms with E-state index in [-0.39, 0.29) is 11.8 Å². The number of hydrogen-bond donors (Lipinski definition) is 1. The highest BCUT2D eigenvalue weighted by atomic mass is 35.5. The average molecular weight is 395 g/mol. The summed E-state index contributed by atoms with van der Waals surface area (Å²) in [5.41, 5.74) is 0.998. The van der Waals surface area contributed by atoms with E-state index in [4.69, 9.17) is 23.2 Å². The second-order valence-corrected chi connectivity index (χ2v) is 7.05. The molecule has 1 heterocycles. The second kappa shape index (κ2) is 7.68. The fourth-order valence-electron chi connectivity index (χ4n) is 2.77. The summed E-state index contributed by atoms with van der Waals surface area (Å²) in [5.74, 6) is -0.217. The second-order valence-electron chi connectivity index (χ2n) is 5.73. The van der Waals surface area contributed by atoms with Crippen molar-refractivity contribution in [3.05, 3.63) is 63.6 Å². The van der Waals surface area contributed by atoms with Crippen molar-refractivity contribution < 1.29 is 9.59 Å². The lowest BCUT2D eigenvalue weighted by Gasteiger charge is -2.35. The monoisotopic (exact) mass is 394 g/mol. The Kier molecular flexibility index (Phi) is 5.57. The van der Waals surface area contributed by atoms with Crippen molar-refractivity contribution in [1.82, 2.24) is 9.80 Å². The number of piperazine rings is 1. The summed E-state index contributed by atoms with van der Waals surface area (Å²) in [7, 11) is 0. The molecule has 130 valence electrons. The van der Waals surface area contributed by atoms with Crippen LogP contribution in [-0.2, 0) is 0 Å². The fraction of sp³-hybridized carbons (Fsp3) is 0.222. The molecule has 0 atom stereocenters. The smallest absolute Gasteiger partial charge is 0.255 e. The van der Waals surface area contributed by atoms with Crippen LogP contribution in [-0.4, -0.2) is 47.8 Å². The summed E-state index contributed by atoms with van der Waals surface area (Å²) in [6, 6.07) is 12.0. The first-order valence-electron chi connectivity index (χ1n) is 7.79. The van der Waals surface area contributed by atoms with Gasteiger partial charge in [-0.3, -0.25) is 9.59 Å². The van der Waals surface area contributed by atoms with Crippen LogP contribution in [0.1, 0.15) is 20.7 Å². The maximum atomic E-state index is 12.6. The largest absolute Gasteiger partial charge is 0.335 e. The Morgan fingerprint density at radius 3 is 1.96 bits per heavy atom. The maximum absolute atomic E-state index is 12.6. The number of amides is 2. The van der Waals surface area contributed by atoms with Crippen LogP contribution in [0.5, 0.6) is 0 Å². The number of thiol groups is 1. The fourth-order valence-corrected chi connectivity index (χ4v) is 3.52. The molecule has 0 N–H and O–H groups in total. The number of hydrogen-bond acceptors (Lipinski definition) is 3. The normalized spacial score (nSPS) is 14.5. The van der Waals surface area contributed by atoms with Gasteiger partial charge in [0.05, 0.1) is 16.1 Å². The van der Waals surface area contributed by atoms with E-state index in [1.54, 1.807) is 40.1 Å². The summed E-state index contributed by atoms with van der Waals surface area (Å²) in [6.07, 6.45) is 0. The van der Waals surface area contributed by atoms with Gasteiger partial charge in [0.25, 0.3) is 11.8 Å². The Morgan fingerprint density at radius 2 is 1.40 bits per heavy atom. The molecule has 25 heavy (non-hydrogen) atoms. The molecule has 1 saturated heterocycles. The zero-order chi connectivity index (χ0) is 18.0. The highest BCUT2D eigenvalue weighted by Crippen LogP contribution is 2.23. The van der Waals surface area contributed by atoms with Crippen LogP contribution in [0.4, 0.5) is 0 Å². The van der Waals surface area contributed by atoms with Crippen LogP contribution in [0.25, 0.3) is 0 Å². The lowest BCUT2D eigenvalue weighted by Crippen LogP contribution is -2.50. The van der Waals surface area contributed by atoms with Gasteiger partial charge in [-0.05, 0) is 30.3 Å². The third kappa shape index (κ3) is 3.94. The van der Waals surface area contributed by atoms with Gasteiger partial charge in [0.15, 0.2) is 0 Å². The van der Waals surface area contributed by atoms with Crippen LogP contribution >= 0.6 is 35.8 Å². The third-order valence-electron chi connectivity index (χ3n) is 4.15. The lowest BCUT2D eigenvalue weighted by molar-refractivity contribution is 0.0533. The van der Waals surface area contributed by atoms with Crippen molar-refractivity contribution in [3.8, 4) is 0 Å². The molecular weight excluding hydrogens is 379 g/mol. The standard InChI is InChI=1S/C18H16Cl2N2O2S/c19-12-5-6-13(15(20)11-12)17(23)21-7-9-22(10-8-21)18(24)14-3-1-2-4-16(14)25/h1-6,11,25H,7-10H2. The van der Waals surface area contributed by atoms with Crippen molar-refractivity contribution in [2.75, 3.05) is 26.2 Å². The summed E-state index contributed by atoms with van der Waals surface area (Å²) in [4.78, 5) is 29.3. The Bertz CT molecular complexity index is 820. The van der Waals surface area contributed by atoms with Gasteiger partial charge < -0.3 is 9.80 Å². The van der Waals surface area contributed by atoms with E-state index in [9.17, 15) is 9.59 Å². The van der Waals surface area contributed by atoms with E-state index >= 15 is 0 Å². The summed E-state index contributed by atoms with van der Waals surface area (Å²) in [6.45, 7) is 1.85. The highest BCUT2D eigenvalue weighted by Gasteiger charge is 2.27. The number of carbonyl (C=O) groups is 2. The first-order chi connectivity index (χ1) is 12.0. The van der Waals surface area contributed by atoms with Gasteiger partial charge in [-0.15, -0.1) is 12.6 Å². The average Bonchev–Trinajstić information content (AvgIpc) is 2.61. The molecule has 1 aliphatic heterocycles. The molecule has 0 bridgehead atoms. The van der Waals surface area contributed by atoms with Crippen molar-refractivity contribution in [2.24, 2.45) is 0 Å². The van der Waals surface area contributed by atoms with Gasteiger partial charge in [-0.1, -0.05) is 35.3 Å². The molecule has 7 heteroatoms. The molecule has 0 radical (unpaired) electrons. The minimum atomic E-state index is -0.150. The molecule has 3 rings (SSSR count). The topological polar surface area (TPSA) is 40.6 Å². The molecule has 0 spiro atoms. The molecular formula is C18H16Cl2N2O2S. The number of nitrogens with zero attached hydrogens (tertiary/aromatic N) is 2. The molecule has 2 aromatic carbocycles. The minimum absolute atomic E-state index is 0.0674. The van der Waals surface area contributed by atoms with Gasteiger partial charge in [0.2, 0.25) is 0 Å². The molecule has 1 fully saturated rings. The van der Waals surface area contributed by atoms with Gasteiger partial charge in [-0.25, -0.2) is 0 Å².